The van der Waals surface area contributed by atoms with Gasteiger partial charge in [-0.2, -0.15) is 0 Å². The zero-order valence-corrected chi connectivity index (χ0v) is 18.4. The normalized spacial score (nSPS) is 27.5. The van der Waals surface area contributed by atoms with Crippen LogP contribution in [0, 0.1) is 0 Å². The van der Waals surface area contributed by atoms with Gasteiger partial charge < -0.3 is 32.8 Å². The van der Waals surface area contributed by atoms with Gasteiger partial charge in [-0.3, -0.25) is 0 Å². The molecule has 3 rings (SSSR count). The Labute approximate surface area is 170 Å². The fourth-order valence-electron chi connectivity index (χ4n) is 3.52. The Kier molecular flexibility index (Phi) is 10.2. The van der Waals surface area contributed by atoms with Gasteiger partial charge in [0.15, 0.2) is 8.32 Å². The average Bonchev–Trinajstić information content (AvgIpc) is 3.54. The van der Waals surface area contributed by atoms with E-state index in [2.05, 4.69) is 6.92 Å². The maximum absolute atomic E-state index is 6.45. The van der Waals surface area contributed by atoms with E-state index >= 15 is 0 Å². The Morgan fingerprint density at radius 1 is 0.679 bits per heavy atom. The van der Waals surface area contributed by atoms with Gasteiger partial charge in [0, 0.05) is 26.4 Å². The fourth-order valence-corrected chi connectivity index (χ4v) is 7.69. The van der Waals surface area contributed by atoms with Crippen LogP contribution in [0.4, 0.5) is 0 Å². The fraction of sp³-hybridized carbons (Fsp3) is 1.00. The van der Waals surface area contributed by atoms with Gasteiger partial charge in [0.2, 0.25) is 0 Å². The first-order chi connectivity index (χ1) is 13.8. The number of ether oxygens (including phenoxy) is 6. The lowest BCUT2D eigenvalue weighted by Gasteiger charge is -2.31. The van der Waals surface area contributed by atoms with Gasteiger partial charge in [-0.15, -0.1) is 0 Å². The maximum Gasteiger partial charge on any atom is 0.193 e. The molecule has 0 aromatic carbocycles. The first-order valence-electron chi connectivity index (χ1n) is 11.0. The average molecular weight is 419 g/mol. The Morgan fingerprint density at radius 3 is 1.32 bits per heavy atom. The molecule has 8 heteroatoms. The third-order valence-corrected chi connectivity index (χ3v) is 10.0. The summed E-state index contributed by atoms with van der Waals surface area (Å²) >= 11 is 0. The zero-order valence-electron chi connectivity index (χ0n) is 17.4. The maximum atomic E-state index is 6.45. The van der Waals surface area contributed by atoms with Crippen LogP contribution in [-0.2, 0) is 32.8 Å². The molecule has 0 saturated carbocycles. The van der Waals surface area contributed by atoms with Gasteiger partial charge >= 0.3 is 0 Å². The van der Waals surface area contributed by atoms with Crippen LogP contribution < -0.4 is 0 Å². The van der Waals surface area contributed by atoms with Crippen molar-refractivity contribution in [1.29, 1.82) is 0 Å². The summed E-state index contributed by atoms with van der Waals surface area (Å²) < 4.78 is 39.3. The van der Waals surface area contributed by atoms with Gasteiger partial charge in [0.1, 0.15) is 18.3 Å². The smallest absolute Gasteiger partial charge is 0.193 e. The summed E-state index contributed by atoms with van der Waals surface area (Å²) in [6.45, 7) is 10.1. The molecule has 0 bridgehead atoms. The van der Waals surface area contributed by atoms with E-state index in [0.717, 1.165) is 103 Å². The van der Waals surface area contributed by atoms with Crippen molar-refractivity contribution in [3.63, 3.8) is 0 Å². The zero-order chi connectivity index (χ0) is 19.5. The van der Waals surface area contributed by atoms with Crippen LogP contribution in [0.3, 0.4) is 0 Å². The second-order valence-corrected chi connectivity index (χ2v) is 12.2. The third kappa shape index (κ3) is 10.1. The van der Waals surface area contributed by atoms with E-state index in [1.54, 1.807) is 0 Å². The molecule has 3 saturated heterocycles. The molecular formula is C20H38O7Si. The summed E-state index contributed by atoms with van der Waals surface area (Å²) in [7, 11) is -1.81. The highest BCUT2D eigenvalue weighted by molar-refractivity contribution is 6.73. The lowest BCUT2D eigenvalue weighted by molar-refractivity contribution is 0.112. The Balaban J connectivity index is 1.35. The SMILES string of the molecule is CCO[Si](CCCOCC1CO1)(CCCOCC1CO1)CCCOCC1CO1. The lowest BCUT2D eigenvalue weighted by Crippen LogP contribution is -2.39. The van der Waals surface area contributed by atoms with Crippen LogP contribution in [-0.4, -0.2) is 92.7 Å². The molecule has 28 heavy (non-hydrogen) atoms. The highest BCUT2D eigenvalue weighted by Gasteiger charge is 2.34. The van der Waals surface area contributed by atoms with Crippen LogP contribution in [0.2, 0.25) is 18.1 Å². The molecule has 3 unspecified atom stereocenters. The Morgan fingerprint density at radius 2 is 1.04 bits per heavy atom. The molecule has 0 aliphatic carbocycles. The highest BCUT2D eigenvalue weighted by atomic mass is 28.4. The van der Waals surface area contributed by atoms with Crippen molar-refractivity contribution in [1.82, 2.24) is 0 Å². The monoisotopic (exact) mass is 418 g/mol. The standard InChI is InChI=1S/C20H38O7Si/c1-2-27-28(9-3-6-21-12-18-15-24-18,10-4-7-22-13-19-16-25-19)11-5-8-23-14-20-17-26-20/h18-20H,2-17H2,1H3. The predicted octanol–water partition coefficient (Wildman–Crippen LogP) is 2.38. The van der Waals surface area contributed by atoms with Crippen molar-refractivity contribution in [2.75, 3.05) is 66.1 Å². The van der Waals surface area contributed by atoms with E-state index in [9.17, 15) is 0 Å². The number of hydrogen-bond acceptors (Lipinski definition) is 7. The van der Waals surface area contributed by atoms with E-state index in [4.69, 9.17) is 32.8 Å². The molecule has 3 heterocycles. The summed E-state index contributed by atoms with van der Waals surface area (Å²) in [5, 5.41) is 0. The van der Waals surface area contributed by atoms with Crippen LogP contribution in [0.1, 0.15) is 26.2 Å². The summed E-state index contributed by atoms with van der Waals surface area (Å²) in [5.41, 5.74) is 0. The van der Waals surface area contributed by atoms with Crippen LogP contribution in [0.25, 0.3) is 0 Å². The quantitative estimate of drug-likeness (QED) is 0.171. The highest BCUT2D eigenvalue weighted by Crippen LogP contribution is 2.28. The summed E-state index contributed by atoms with van der Waals surface area (Å²) in [6, 6.07) is 3.43. The summed E-state index contributed by atoms with van der Waals surface area (Å²) in [6.07, 6.45) is 4.21. The van der Waals surface area contributed by atoms with E-state index in [0.29, 0.717) is 18.3 Å². The van der Waals surface area contributed by atoms with E-state index in [-0.39, 0.29) is 0 Å². The minimum Gasteiger partial charge on any atom is -0.417 e. The van der Waals surface area contributed by atoms with E-state index in [1.807, 2.05) is 0 Å². The van der Waals surface area contributed by atoms with Gasteiger partial charge in [-0.25, -0.2) is 0 Å². The van der Waals surface area contributed by atoms with E-state index < -0.39 is 8.32 Å². The molecule has 0 amide bonds. The molecule has 0 spiro atoms. The predicted molar refractivity (Wildman–Crippen MR) is 107 cm³/mol. The lowest BCUT2D eigenvalue weighted by atomic mass is 10.5. The van der Waals surface area contributed by atoms with Crippen molar-refractivity contribution in [3.8, 4) is 0 Å². The Hall–Kier alpha value is -0.0631. The van der Waals surface area contributed by atoms with Gasteiger partial charge in [-0.05, 0) is 44.3 Å². The summed E-state index contributed by atoms with van der Waals surface area (Å²) in [4.78, 5) is 0. The molecule has 7 nitrogen and oxygen atoms in total. The number of hydrogen-bond donors (Lipinski definition) is 0. The Bertz CT molecular complexity index is 358. The van der Waals surface area contributed by atoms with E-state index in [1.165, 1.54) is 0 Å². The van der Waals surface area contributed by atoms with Gasteiger partial charge in [0.05, 0.1) is 39.6 Å². The van der Waals surface area contributed by atoms with Crippen LogP contribution >= 0.6 is 0 Å². The van der Waals surface area contributed by atoms with Crippen molar-refractivity contribution in [3.05, 3.63) is 0 Å². The van der Waals surface area contributed by atoms with Gasteiger partial charge in [0.25, 0.3) is 0 Å². The van der Waals surface area contributed by atoms with Gasteiger partial charge in [-0.1, -0.05) is 0 Å². The van der Waals surface area contributed by atoms with Crippen LogP contribution in [0.15, 0.2) is 0 Å². The summed E-state index contributed by atoms with van der Waals surface area (Å²) in [5.74, 6) is 0. The second-order valence-electron chi connectivity index (χ2n) is 8.02. The van der Waals surface area contributed by atoms with Crippen molar-refractivity contribution in [2.45, 2.75) is 62.6 Å². The van der Waals surface area contributed by atoms with Crippen molar-refractivity contribution >= 4 is 8.32 Å². The van der Waals surface area contributed by atoms with Crippen molar-refractivity contribution < 1.29 is 32.8 Å². The molecular weight excluding hydrogens is 380 g/mol. The molecule has 3 aliphatic heterocycles. The first-order valence-corrected chi connectivity index (χ1v) is 13.5. The molecule has 3 aliphatic rings. The molecule has 0 aromatic rings. The van der Waals surface area contributed by atoms with Crippen LogP contribution in [0.5, 0.6) is 0 Å². The molecule has 0 aromatic heterocycles. The molecule has 0 N–H and O–H groups in total. The number of epoxide rings is 3. The van der Waals surface area contributed by atoms with Crippen molar-refractivity contribution in [2.24, 2.45) is 0 Å². The minimum atomic E-state index is -1.81. The third-order valence-electron chi connectivity index (χ3n) is 5.33. The largest absolute Gasteiger partial charge is 0.417 e. The molecule has 164 valence electrons. The molecule has 3 atom stereocenters. The minimum absolute atomic E-state index is 0.342. The molecule has 0 radical (unpaired) electrons. The topological polar surface area (TPSA) is 74.5 Å². The molecule has 3 fully saturated rings. The first kappa shape index (κ1) is 22.6. The number of rotatable bonds is 20. The second kappa shape index (κ2) is 12.6.